The average molecular weight is 191 g/mol. The zero-order valence-corrected chi connectivity index (χ0v) is 7.71. The summed E-state index contributed by atoms with van der Waals surface area (Å²) in [6, 6.07) is -0.0162. The zero-order chi connectivity index (χ0) is 9.35. The highest BCUT2D eigenvalue weighted by atomic mass is 16.4. The van der Waals surface area contributed by atoms with Gasteiger partial charge in [0.2, 0.25) is 0 Å². The van der Waals surface area contributed by atoms with Crippen LogP contribution in [0.1, 0.15) is 0 Å². The average Bonchev–Trinajstić information content (AvgIpc) is 2.93. The number of rotatable bonds is 1. The fourth-order valence-corrected chi connectivity index (χ4v) is 6.18. The minimum absolute atomic E-state index is 0.0162. The number of hydrogen-bond acceptors (Lipinski definition) is 2. The second-order valence-electron chi connectivity index (χ2n) is 6.06. The van der Waals surface area contributed by atoms with E-state index in [2.05, 4.69) is 0 Å². The minimum Gasteiger partial charge on any atom is -0.481 e. The Bertz CT molecular complexity index is 359. The first kappa shape index (κ1) is 6.83. The van der Waals surface area contributed by atoms with Crippen LogP contribution in [0.25, 0.3) is 0 Å². The van der Waals surface area contributed by atoms with E-state index in [-0.39, 0.29) is 12.0 Å². The van der Waals surface area contributed by atoms with Gasteiger partial charge in [-0.1, -0.05) is 0 Å². The Balaban J connectivity index is 1.70. The fraction of sp³-hybridized carbons (Fsp3) is 0.909. The molecule has 74 valence electrons. The summed E-state index contributed by atoms with van der Waals surface area (Å²) in [6.07, 6.45) is 0. The Hall–Kier alpha value is -0.570. The summed E-state index contributed by atoms with van der Waals surface area (Å²) in [5, 5.41) is 9.23. The molecule has 0 amide bonds. The Morgan fingerprint density at radius 2 is 1.29 bits per heavy atom. The van der Waals surface area contributed by atoms with E-state index in [1.165, 1.54) is 0 Å². The first-order valence-electron chi connectivity index (χ1n) is 5.72. The molecule has 6 unspecified atom stereocenters. The van der Waals surface area contributed by atoms with Gasteiger partial charge in [0, 0.05) is 6.04 Å². The van der Waals surface area contributed by atoms with Crippen LogP contribution in [0.5, 0.6) is 0 Å². The molecule has 0 aromatic rings. The number of carboxylic acid groups (broad SMARTS) is 1. The van der Waals surface area contributed by atoms with Crippen LogP contribution >= 0.6 is 0 Å². The summed E-state index contributed by atoms with van der Waals surface area (Å²) >= 11 is 0. The van der Waals surface area contributed by atoms with Gasteiger partial charge in [-0.3, -0.25) is 4.79 Å². The van der Waals surface area contributed by atoms with Crippen LogP contribution in [0.3, 0.4) is 0 Å². The van der Waals surface area contributed by atoms with Crippen LogP contribution in [-0.4, -0.2) is 17.1 Å². The highest BCUT2D eigenvalue weighted by molar-refractivity contribution is 5.73. The third kappa shape index (κ3) is 0.405. The first-order valence-corrected chi connectivity index (χ1v) is 5.72. The maximum absolute atomic E-state index is 11.2. The lowest BCUT2D eigenvalue weighted by Crippen LogP contribution is -2.54. The second-order valence-corrected chi connectivity index (χ2v) is 6.06. The van der Waals surface area contributed by atoms with Gasteiger partial charge < -0.3 is 10.8 Å². The molecule has 2 bridgehead atoms. The highest BCUT2D eigenvalue weighted by Gasteiger charge is 2.91. The van der Waals surface area contributed by atoms with Crippen LogP contribution in [0.4, 0.5) is 0 Å². The van der Waals surface area contributed by atoms with Crippen molar-refractivity contribution in [2.24, 2.45) is 59.0 Å². The third-order valence-electron chi connectivity index (χ3n) is 6.17. The van der Waals surface area contributed by atoms with Crippen LogP contribution in [0.2, 0.25) is 0 Å². The van der Waals surface area contributed by atoms with E-state index < -0.39 is 5.97 Å². The molecule has 3 N–H and O–H groups in total. The molecule has 6 fully saturated rings. The maximum atomic E-state index is 11.2. The largest absolute Gasteiger partial charge is 0.481 e. The second kappa shape index (κ2) is 1.54. The van der Waals surface area contributed by atoms with Crippen LogP contribution in [0, 0.1) is 53.3 Å². The van der Waals surface area contributed by atoms with Crippen molar-refractivity contribution >= 4 is 5.97 Å². The fourth-order valence-electron chi connectivity index (χ4n) is 6.18. The van der Waals surface area contributed by atoms with E-state index >= 15 is 0 Å². The van der Waals surface area contributed by atoms with E-state index in [1.807, 2.05) is 0 Å². The van der Waals surface area contributed by atoms with Gasteiger partial charge in [-0.15, -0.1) is 0 Å². The molecule has 0 spiro atoms. The number of carboxylic acids is 1. The lowest BCUT2D eigenvalue weighted by atomic mass is 9.62. The van der Waals surface area contributed by atoms with Gasteiger partial charge in [0.25, 0.3) is 0 Å². The maximum Gasteiger partial charge on any atom is 0.308 e. The molecule has 6 rings (SSSR count). The molecule has 3 heteroatoms. The minimum atomic E-state index is -0.623. The molecule has 0 aliphatic heterocycles. The van der Waals surface area contributed by atoms with Crippen molar-refractivity contribution < 1.29 is 9.90 Å². The van der Waals surface area contributed by atoms with E-state index in [0.29, 0.717) is 11.8 Å². The molecular formula is C11H13NO2. The molecule has 14 heavy (non-hydrogen) atoms. The summed E-state index contributed by atoms with van der Waals surface area (Å²) in [6.45, 7) is 0. The van der Waals surface area contributed by atoms with Gasteiger partial charge >= 0.3 is 5.97 Å². The van der Waals surface area contributed by atoms with Crippen LogP contribution in [-0.2, 0) is 4.79 Å². The molecule has 0 radical (unpaired) electrons. The molecular weight excluding hydrogens is 178 g/mol. The van der Waals surface area contributed by atoms with E-state index in [1.54, 1.807) is 0 Å². The Kier molecular flexibility index (Phi) is 0.753. The lowest BCUT2D eigenvalue weighted by Gasteiger charge is -2.44. The van der Waals surface area contributed by atoms with Gasteiger partial charge in [-0.2, -0.15) is 0 Å². The van der Waals surface area contributed by atoms with Crippen molar-refractivity contribution in [2.45, 2.75) is 6.04 Å². The van der Waals surface area contributed by atoms with Crippen LogP contribution in [0.15, 0.2) is 0 Å². The predicted molar refractivity (Wildman–Crippen MR) is 47.0 cm³/mol. The number of aliphatic carboxylic acids is 1. The number of hydrogen-bond donors (Lipinski definition) is 2. The van der Waals surface area contributed by atoms with Crippen molar-refractivity contribution in [3.8, 4) is 0 Å². The Morgan fingerprint density at radius 1 is 0.857 bits per heavy atom. The SMILES string of the molecule is N[C@@H]1C2C3C4C5C2C5C(C43)[C@@H]1C(=O)O. The molecule has 8 atom stereocenters. The van der Waals surface area contributed by atoms with Gasteiger partial charge in [0.1, 0.15) is 0 Å². The van der Waals surface area contributed by atoms with Gasteiger partial charge in [-0.05, 0) is 47.3 Å². The molecule has 6 saturated carbocycles. The van der Waals surface area contributed by atoms with Crippen molar-refractivity contribution in [3.63, 3.8) is 0 Å². The standard InChI is InChI=1S/C11H13NO2/c12-10-8-5-1-2-4(6(2)8)7(3(1)5)9(10)11(13)14/h1-10H,12H2,(H,13,14)/t1?,2?,3?,4?,5?,6?,7?,8?,9-,10+/m0/s1. The first-order chi connectivity index (χ1) is 6.73. The zero-order valence-electron chi connectivity index (χ0n) is 7.71. The summed E-state index contributed by atoms with van der Waals surface area (Å²) in [4.78, 5) is 11.2. The van der Waals surface area contributed by atoms with Gasteiger partial charge in [0.15, 0.2) is 0 Å². The Labute approximate surface area is 81.7 Å². The normalized spacial score (nSPS) is 78.9. The van der Waals surface area contributed by atoms with E-state index in [0.717, 1.165) is 35.5 Å². The molecule has 6 aliphatic rings. The number of fused-ring (bicyclic) bond motifs is 1. The van der Waals surface area contributed by atoms with Crippen LogP contribution < -0.4 is 5.73 Å². The Morgan fingerprint density at radius 3 is 1.79 bits per heavy atom. The topological polar surface area (TPSA) is 63.3 Å². The van der Waals surface area contributed by atoms with Gasteiger partial charge in [0.05, 0.1) is 5.92 Å². The van der Waals surface area contributed by atoms with E-state index in [4.69, 9.17) is 5.73 Å². The van der Waals surface area contributed by atoms with Crippen molar-refractivity contribution in [1.82, 2.24) is 0 Å². The summed E-state index contributed by atoms with van der Waals surface area (Å²) in [5.41, 5.74) is 6.13. The molecule has 0 heterocycles. The van der Waals surface area contributed by atoms with Crippen molar-refractivity contribution in [2.75, 3.05) is 0 Å². The predicted octanol–water partition coefficient (Wildman–Crippen LogP) is 0.0121. The van der Waals surface area contributed by atoms with E-state index in [9.17, 15) is 9.90 Å². The smallest absolute Gasteiger partial charge is 0.308 e. The number of nitrogens with two attached hydrogens (primary N) is 1. The monoisotopic (exact) mass is 191 g/mol. The van der Waals surface area contributed by atoms with Crippen molar-refractivity contribution in [3.05, 3.63) is 0 Å². The third-order valence-corrected chi connectivity index (χ3v) is 6.17. The summed E-state index contributed by atoms with van der Waals surface area (Å²) in [5.74, 6) is 5.44. The molecule has 3 nitrogen and oxygen atoms in total. The van der Waals surface area contributed by atoms with Gasteiger partial charge in [-0.25, -0.2) is 0 Å². The highest BCUT2D eigenvalue weighted by Crippen LogP contribution is 2.92. The molecule has 0 saturated heterocycles. The summed E-state index contributed by atoms with van der Waals surface area (Å²) < 4.78 is 0. The van der Waals surface area contributed by atoms with Crippen molar-refractivity contribution in [1.29, 1.82) is 0 Å². The molecule has 0 aromatic carbocycles. The lowest BCUT2D eigenvalue weighted by molar-refractivity contribution is -0.149. The molecule has 0 aromatic heterocycles. The quantitative estimate of drug-likeness (QED) is 0.613. The number of carbonyl (C=O) groups is 1. The summed E-state index contributed by atoms with van der Waals surface area (Å²) in [7, 11) is 0. The molecule has 6 aliphatic carbocycles.